The predicted molar refractivity (Wildman–Crippen MR) is 106 cm³/mol. The van der Waals surface area contributed by atoms with E-state index in [1.165, 1.54) is 22.8 Å². The molecule has 0 spiro atoms. The van der Waals surface area contributed by atoms with Gasteiger partial charge in [0.25, 0.3) is 0 Å². The highest BCUT2D eigenvalue weighted by Gasteiger charge is 2.29. The second-order valence-corrected chi connectivity index (χ2v) is 7.63. The van der Waals surface area contributed by atoms with Gasteiger partial charge >= 0.3 is 0 Å². The van der Waals surface area contributed by atoms with E-state index >= 15 is 0 Å². The normalized spacial score (nSPS) is 14.4. The van der Waals surface area contributed by atoms with Gasteiger partial charge in [0.2, 0.25) is 0 Å². The van der Waals surface area contributed by atoms with Gasteiger partial charge in [-0.15, -0.1) is 0 Å². The molecule has 1 aliphatic rings. The monoisotopic (exact) mass is 390 g/mol. The van der Waals surface area contributed by atoms with Crippen LogP contribution in [0.2, 0.25) is 0 Å². The minimum atomic E-state index is -0.252. The Labute approximate surface area is 166 Å². The van der Waals surface area contributed by atoms with Gasteiger partial charge in [-0.2, -0.15) is 5.10 Å². The second-order valence-electron chi connectivity index (χ2n) is 6.46. The Balaban J connectivity index is 1.70. The number of thioether (sulfide) groups is 1. The molecule has 0 unspecified atom stereocenters. The van der Waals surface area contributed by atoms with Gasteiger partial charge in [-0.25, -0.2) is 14.6 Å². The SMILES string of the molecule is Cc1nc(-n2cncn2)ccc1C(=O)C1=C(Sc2ccccc2)CCCC1=O. The Hall–Kier alpha value is -3.06. The van der Waals surface area contributed by atoms with Gasteiger partial charge in [-0.3, -0.25) is 9.59 Å². The van der Waals surface area contributed by atoms with Gasteiger partial charge in [-0.1, -0.05) is 30.0 Å². The van der Waals surface area contributed by atoms with E-state index in [9.17, 15) is 9.59 Å². The predicted octanol–water partition coefficient (Wildman–Crippen LogP) is 3.95. The van der Waals surface area contributed by atoms with Crippen LogP contribution in [-0.2, 0) is 4.79 Å². The lowest BCUT2D eigenvalue weighted by molar-refractivity contribution is -0.115. The maximum atomic E-state index is 13.3. The number of Topliss-reactive ketones (excluding diaryl/α,β-unsaturated/α-hetero) is 2. The number of carbonyl (C=O) groups excluding carboxylic acids is 2. The standard InChI is InChI=1S/C21H18N4O2S/c1-14-16(10-11-19(24-14)25-13-22-12-23-25)21(27)20-17(26)8-5-9-18(20)28-15-6-3-2-4-7-15/h2-4,6-7,10-13H,5,8-9H2,1H3. The van der Waals surface area contributed by atoms with Crippen LogP contribution in [0.15, 0.2) is 70.5 Å². The van der Waals surface area contributed by atoms with Crippen molar-refractivity contribution in [1.82, 2.24) is 19.7 Å². The van der Waals surface area contributed by atoms with E-state index in [4.69, 9.17) is 0 Å². The Morgan fingerprint density at radius 3 is 2.64 bits per heavy atom. The van der Waals surface area contributed by atoms with Crippen molar-refractivity contribution in [2.45, 2.75) is 31.1 Å². The molecule has 1 aliphatic carbocycles. The number of allylic oxidation sites excluding steroid dienone is 2. The highest BCUT2D eigenvalue weighted by molar-refractivity contribution is 8.03. The van der Waals surface area contributed by atoms with E-state index in [1.54, 1.807) is 25.4 Å². The fourth-order valence-electron chi connectivity index (χ4n) is 3.18. The van der Waals surface area contributed by atoms with Crippen LogP contribution in [0.5, 0.6) is 0 Å². The summed E-state index contributed by atoms with van der Waals surface area (Å²) in [4.78, 5) is 36.1. The third kappa shape index (κ3) is 3.66. The molecule has 3 aromatic rings. The molecule has 0 saturated heterocycles. The highest BCUT2D eigenvalue weighted by atomic mass is 32.2. The second kappa shape index (κ2) is 7.90. The number of aryl methyl sites for hydroxylation is 1. The van der Waals surface area contributed by atoms with Crippen LogP contribution in [0.25, 0.3) is 5.82 Å². The number of carbonyl (C=O) groups is 2. The summed E-state index contributed by atoms with van der Waals surface area (Å²) in [6.45, 7) is 1.77. The van der Waals surface area contributed by atoms with Crippen LogP contribution < -0.4 is 0 Å². The Kier molecular flexibility index (Phi) is 5.16. The van der Waals surface area contributed by atoms with E-state index in [-0.39, 0.29) is 11.6 Å². The Bertz CT molecular complexity index is 1060. The molecule has 6 nitrogen and oxygen atoms in total. The molecule has 140 valence electrons. The van der Waals surface area contributed by atoms with Crippen molar-refractivity contribution in [3.63, 3.8) is 0 Å². The maximum Gasteiger partial charge on any atom is 0.199 e. The van der Waals surface area contributed by atoms with Crippen molar-refractivity contribution in [2.75, 3.05) is 0 Å². The van der Waals surface area contributed by atoms with E-state index in [1.807, 2.05) is 30.3 Å². The van der Waals surface area contributed by atoms with Crippen molar-refractivity contribution in [2.24, 2.45) is 0 Å². The van der Waals surface area contributed by atoms with Crippen molar-refractivity contribution < 1.29 is 9.59 Å². The summed E-state index contributed by atoms with van der Waals surface area (Å²) in [7, 11) is 0. The van der Waals surface area contributed by atoms with Gasteiger partial charge in [0.1, 0.15) is 12.7 Å². The topological polar surface area (TPSA) is 77.7 Å². The summed E-state index contributed by atoms with van der Waals surface area (Å²) < 4.78 is 1.53. The zero-order valence-corrected chi connectivity index (χ0v) is 16.1. The van der Waals surface area contributed by atoms with Gasteiger partial charge in [0, 0.05) is 21.8 Å². The minimum absolute atomic E-state index is 0.0885. The minimum Gasteiger partial charge on any atom is -0.294 e. The highest BCUT2D eigenvalue weighted by Crippen LogP contribution is 2.37. The zero-order chi connectivity index (χ0) is 19.5. The zero-order valence-electron chi connectivity index (χ0n) is 15.3. The summed E-state index contributed by atoms with van der Waals surface area (Å²) >= 11 is 1.50. The average molecular weight is 390 g/mol. The van der Waals surface area contributed by atoms with Crippen LogP contribution >= 0.6 is 11.8 Å². The third-order valence-corrected chi connectivity index (χ3v) is 5.71. The smallest absolute Gasteiger partial charge is 0.199 e. The van der Waals surface area contributed by atoms with Crippen LogP contribution in [-0.4, -0.2) is 31.3 Å². The summed E-state index contributed by atoms with van der Waals surface area (Å²) in [5.41, 5.74) is 1.31. The van der Waals surface area contributed by atoms with Crippen LogP contribution in [0.4, 0.5) is 0 Å². The third-order valence-electron chi connectivity index (χ3n) is 4.55. The molecular formula is C21H18N4O2S. The van der Waals surface area contributed by atoms with E-state index < -0.39 is 0 Å². The van der Waals surface area contributed by atoms with Gasteiger partial charge in [0.15, 0.2) is 17.4 Å². The number of pyridine rings is 1. The first-order valence-electron chi connectivity index (χ1n) is 9.00. The number of ketones is 2. The molecule has 7 heteroatoms. The van der Waals surface area contributed by atoms with Crippen molar-refractivity contribution >= 4 is 23.3 Å². The molecule has 2 heterocycles. The fraction of sp³-hybridized carbons (Fsp3) is 0.190. The van der Waals surface area contributed by atoms with E-state index in [0.29, 0.717) is 29.1 Å². The number of aromatic nitrogens is 4. The van der Waals surface area contributed by atoms with Gasteiger partial charge in [-0.05, 0) is 44.0 Å². The van der Waals surface area contributed by atoms with Gasteiger partial charge in [0.05, 0.1) is 11.3 Å². The Morgan fingerprint density at radius 1 is 1.11 bits per heavy atom. The molecule has 0 aliphatic heterocycles. The first kappa shape index (κ1) is 18.3. The summed E-state index contributed by atoms with van der Waals surface area (Å²) in [6.07, 6.45) is 4.88. The first-order valence-corrected chi connectivity index (χ1v) is 9.82. The largest absolute Gasteiger partial charge is 0.294 e. The molecule has 0 N–H and O–H groups in total. The number of hydrogen-bond donors (Lipinski definition) is 0. The molecule has 4 rings (SSSR count). The molecule has 0 radical (unpaired) electrons. The van der Waals surface area contributed by atoms with Crippen molar-refractivity contribution in [3.05, 3.63) is 76.9 Å². The molecule has 1 aromatic carbocycles. The van der Waals surface area contributed by atoms with Crippen LogP contribution in [0.1, 0.15) is 35.3 Å². The number of benzene rings is 1. The van der Waals surface area contributed by atoms with Crippen LogP contribution in [0.3, 0.4) is 0 Å². The number of rotatable bonds is 5. The molecule has 0 fully saturated rings. The summed E-state index contributed by atoms with van der Waals surface area (Å²) in [6, 6.07) is 13.2. The lowest BCUT2D eigenvalue weighted by atomic mass is 9.91. The van der Waals surface area contributed by atoms with Crippen molar-refractivity contribution in [1.29, 1.82) is 0 Å². The lowest BCUT2D eigenvalue weighted by Crippen LogP contribution is -2.20. The van der Waals surface area contributed by atoms with Gasteiger partial charge < -0.3 is 0 Å². The van der Waals surface area contributed by atoms with Crippen LogP contribution in [0, 0.1) is 6.92 Å². The fourth-order valence-corrected chi connectivity index (χ4v) is 4.31. The van der Waals surface area contributed by atoms with E-state index in [0.717, 1.165) is 22.6 Å². The maximum absolute atomic E-state index is 13.3. The molecule has 0 amide bonds. The number of nitrogens with zero attached hydrogens (tertiary/aromatic N) is 4. The first-order chi connectivity index (χ1) is 13.6. The molecule has 0 atom stereocenters. The molecule has 0 saturated carbocycles. The summed E-state index contributed by atoms with van der Waals surface area (Å²) in [5, 5.41) is 4.05. The van der Waals surface area contributed by atoms with Crippen molar-refractivity contribution in [3.8, 4) is 5.82 Å². The molecule has 28 heavy (non-hydrogen) atoms. The lowest BCUT2D eigenvalue weighted by Gasteiger charge is -2.19. The molecule has 2 aromatic heterocycles. The Morgan fingerprint density at radius 2 is 1.93 bits per heavy atom. The summed E-state index contributed by atoms with van der Waals surface area (Å²) in [5.74, 6) is 0.238. The average Bonchev–Trinajstić information content (AvgIpc) is 3.23. The molecule has 0 bridgehead atoms. The van der Waals surface area contributed by atoms with E-state index in [2.05, 4.69) is 15.1 Å². The quantitative estimate of drug-likeness (QED) is 0.485. The number of hydrogen-bond acceptors (Lipinski definition) is 6. The molecular weight excluding hydrogens is 372 g/mol.